The van der Waals surface area contributed by atoms with Crippen LogP contribution >= 0.6 is 22.9 Å². The molecule has 4 fully saturated rings. The maximum atomic E-state index is 17.1. The number of amides is 1. The van der Waals surface area contributed by atoms with Crippen LogP contribution < -0.4 is 15.4 Å². The second-order valence-corrected chi connectivity index (χ2v) is 15.5. The zero-order chi connectivity index (χ0) is 35.9. The second-order valence-electron chi connectivity index (χ2n) is 14.0. The molecule has 3 atom stereocenters. The minimum atomic E-state index is -0.965. The number of halogens is 4. The number of fused-ring (bicyclic) bond motifs is 3. The van der Waals surface area contributed by atoms with Crippen LogP contribution in [0.1, 0.15) is 44.1 Å². The number of hydrogen-bond donors (Lipinski definition) is 1. The summed E-state index contributed by atoms with van der Waals surface area (Å²) in [6.45, 7) is 2.12. The number of alkyl halides is 1. The molecule has 1 aliphatic carbocycles. The summed E-state index contributed by atoms with van der Waals surface area (Å²) < 4.78 is 54.3. The van der Waals surface area contributed by atoms with Gasteiger partial charge >= 0.3 is 12.0 Å². The highest BCUT2D eigenvalue weighted by Crippen LogP contribution is 2.46. The highest BCUT2D eigenvalue weighted by atomic mass is 35.5. The van der Waals surface area contributed by atoms with E-state index >= 15 is 4.39 Å². The van der Waals surface area contributed by atoms with Crippen molar-refractivity contribution < 1.29 is 22.7 Å². The van der Waals surface area contributed by atoms with Crippen LogP contribution in [0, 0.1) is 23.0 Å². The highest BCUT2D eigenvalue weighted by molar-refractivity contribution is 7.23. The summed E-state index contributed by atoms with van der Waals surface area (Å²) in [6, 6.07) is 5.71. The van der Waals surface area contributed by atoms with Crippen molar-refractivity contribution in [2.75, 3.05) is 43.4 Å². The zero-order valence-corrected chi connectivity index (χ0v) is 29.3. The first-order valence-corrected chi connectivity index (χ1v) is 18.4. The van der Waals surface area contributed by atoms with Gasteiger partial charge in [0.1, 0.15) is 53.7 Å². The molecule has 4 aliphatic rings. The number of carbonyl (C=O) groups is 1. The number of nitrogens with zero attached hydrogens (tertiary/aromatic N) is 9. The van der Waals surface area contributed by atoms with E-state index in [2.05, 4.69) is 20.0 Å². The number of hydrogen-bond acceptors (Lipinski definition) is 11. The Morgan fingerprint density at radius 2 is 2.04 bits per heavy atom. The molecule has 9 rings (SSSR count). The number of thiophene rings is 1. The van der Waals surface area contributed by atoms with Gasteiger partial charge in [-0.25, -0.2) is 22.9 Å². The molecule has 12 nitrogen and oxygen atoms in total. The molecule has 52 heavy (non-hydrogen) atoms. The number of aromatic nitrogens is 5. The molecular formula is C35H32ClF3N10O2S. The van der Waals surface area contributed by atoms with E-state index in [1.165, 1.54) is 29.5 Å². The van der Waals surface area contributed by atoms with Gasteiger partial charge in [-0.3, -0.25) is 4.90 Å². The monoisotopic (exact) mass is 748 g/mol. The van der Waals surface area contributed by atoms with Gasteiger partial charge in [0.2, 0.25) is 0 Å². The van der Waals surface area contributed by atoms with Crippen molar-refractivity contribution in [3.63, 3.8) is 0 Å². The molecule has 3 aromatic heterocycles. The van der Waals surface area contributed by atoms with Crippen LogP contribution in [0.15, 0.2) is 30.9 Å². The Labute approximate surface area is 304 Å². The number of nitriles is 1. The predicted molar refractivity (Wildman–Crippen MR) is 189 cm³/mol. The summed E-state index contributed by atoms with van der Waals surface area (Å²) in [5.41, 5.74) is 5.66. The van der Waals surface area contributed by atoms with E-state index in [9.17, 15) is 18.8 Å². The first kappa shape index (κ1) is 33.1. The van der Waals surface area contributed by atoms with Crippen LogP contribution in [0.25, 0.3) is 32.1 Å². The van der Waals surface area contributed by atoms with Gasteiger partial charge in [0.25, 0.3) is 0 Å². The number of carbonyl (C=O) groups excluding carboxylic acids is 1. The molecule has 0 bridgehead atoms. The predicted octanol–water partition coefficient (Wildman–Crippen LogP) is 6.16. The van der Waals surface area contributed by atoms with E-state index in [-0.39, 0.29) is 73.0 Å². The number of ether oxygens (including phenoxy) is 1. The normalized spacial score (nSPS) is 23.1. The maximum Gasteiger partial charge on any atom is 0.346 e. The van der Waals surface area contributed by atoms with Crippen LogP contribution in [-0.2, 0) is 0 Å². The van der Waals surface area contributed by atoms with Crippen molar-refractivity contribution in [1.82, 2.24) is 34.5 Å². The van der Waals surface area contributed by atoms with Crippen molar-refractivity contribution in [2.24, 2.45) is 0 Å². The number of nitrogens with two attached hydrogens (primary N) is 1. The van der Waals surface area contributed by atoms with Gasteiger partial charge in [-0.05, 0) is 56.3 Å². The fourth-order valence-electron chi connectivity index (χ4n) is 8.42. The van der Waals surface area contributed by atoms with Crippen molar-refractivity contribution in [3.05, 3.63) is 53.1 Å². The van der Waals surface area contributed by atoms with Gasteiger partial charge in [0, 0.05) is 48.4 Å². The molecule has 3 saturated heterocycles. The third-order valence-electron chi connectivity index (χ3n) is 10.9. The van der Waals surface area contributed by atoms with E-state index in [1.54, 1.807) is 6.07 Å². The molecule has 0 radical (unpaired) electrons. The number of nitrogen functional groups attached to an aromatic ring is 1. The standard InChI is InChI=1S/C35H32ClF3N10O2S/c36-24-10-22-29(28(39)27(24)21-4-5-25(38)30-26(21)23(12-40)31(41)52-30)44-33(51-15-35-7-1-8-47(35)13-18(37)11-35)45-32(22)46-9-6-20(14-46)49(19-2-3-19)34(50)48-17-42-16-43-48/h4-5,10,16-20H,1-3,6-9,11,13-15,41H2/t18-,20?,35+/m1/s1. The topological polar surface area (TPSA) is 142 Å². The lowest BCUT2D eigenvalue weighted by Gasteiger charge is -2.31. The molecule has 1 amide bonds. The average molecular weight is 749 g/mol. The third-order valence-corrected chi connectivity index (χ3v) is 12.2. The molecule has 3 aliphatic heterocycles. The van der Waals surface area contributed by atoms with Crippen molar-refractivity contribution in [1.29, 1.82) is 5.26 Å². The first-order valence-electron chi connectivity index (χ1n) is 17.2. The maximum absolute atomic E-state index is 17.1. The SMILES string of the molecule is N#Cc1c(N)sc2c(F)ccc(-c3c(Cl)cc4c(N5CCC(N(C(=O)n6cncn6)C6CC6)C5)nc(OC[C@@]56CCCN5C[C@H](F)C6)nc4c3F)c12. The number of rotatable bonds is 7. The lowest BCUT2D eigenvalue weighted by Crippen LogP contribution is -2.45. The van der Waals surface area contributed by atoms with E-state index in [0.717, 1.165) is 43.6 Å². The van der Waals surface area contributed by atoms with Gasteiger partial charge in [-0.1, -0.05) is 17.7 Å². The van der Waals surface area contributed by atoms with Crippen molar-refractivity contribution in [3.8, 4) is 23.2 Å². The molecule has 0 spiro atoms. The molecule has 5 aromatic rings. The Morgan fingerprint density at radius 1 is 1.19 bits per heavy atom. The summed E-state index contributed by atoms with van der Waals surface area (Å²) in [4.78, 5) is 32.8. The zero-order valence-electron chi connectivity index (χ0n) is 27.7. The van der Waals surface area contributed by atoms with E-state index in [0.29, 0.717) is 43.7 Å². The van der Waals surface area contributed by atoms with Crippen molar-refractivity contribution in [2.45, 2.75) is 62.3 Å². The van der Waals surface area contributed by atoms with Crippen LogP contribution in [0.4, 0.5) is 28.8 Å². The quantitative estimate of drug-likeness (QED) is 0.206. The van der Waals surface area contributed by atoms with Gasteiger partial charge < -0.3 is 20.3 Å². The summed E-state index contributed by atoms with van der Waals surface area (Å²) in [7, 11) is 0. The van der Waals surface area contributed by atoms with E-state index in [4.69, 9.17) is 27.1 Å². The molecular weight excluding hydrogens is 717 g/mol. The highest BCUT2D eigenvalue weighted by Gasteiger charge is 2.49. The van der Waals surface area contributed by atoms with Gasteiger partial charge in [0.05, 0.1) is 26.9 Å². The van der Waals surface area contributed by atoms with E-state index in [1.807, 2.05) is 15.9 Å². The molecule has 1 unspecified atom stereocenters. The molecule has 268 valence electrons. The Morgan fingerprint density at radius 3 is 2.81 bits per heavy atom. The average Bonchev–Trinajstić information content (AvgIpc) is 3.58. The molecule has 17 heteroatoms. The lowest BCUT2D eigenvalue weighted by atomic mass is 9.95. The van der Waals surface area contributed by atoms with Crippen LogP contribution in [0.2, 0.25) is 5.02 Å². The minimum Gasteiger partial charge on any atom is -0.461 e. The fourth-order valence-corrected chi connectivity index (χ4v) is 9.66. The summed E-state index contributed by atoms with van der Waals surface area (Å²) >= 11 is 7.80. The Bertz CT molecular complexity index is 2300. The second kappa shape index (κ2) is 12.5. The van der Waals surface area contributed by atoms with Crippen LogP contribution in [0.5, 0.6) is 6.01 Å². The molecule has 6 heterocycles. The van der Waals surface area contributed by atoms with Crippen molar-refractivity contribution >= 4 is 60.8 Å². The lowest BCUT2D eigenvalue weighted by molar-refractivity contribution is 0.107. The van der Waals surface area contributed by atoms with Gasteiger partial charge in [-0.2, -0.15) is 25.0 Å². The Kier molecular flexibility index (Phi) is 7.94. The van der Waals surface area contributed by atoms with E-state index < -0.39 is 23.3 Å². The van der Waals surface area contributed by atoms with Gasteiger partial charge in [-0.15, -0.1) is 11.3 Å². The fraction of sp³-hybridized carbons (Fsp3) is 0.429. The molecule has 2 N–H and O–H groups in total. The molecule has 1 saturated carbocycles. The summed E-state index contributed by atoms with van der Waals surface area (Å²) in [5, 5.41) is 14.6. The number of anilines is 2. The first-order chi connectivity index (χ1) is 25.2. The van der Waals surface area contributed by atoms with Crippen LogP contribution in [-0.4, -0.2) is 97.1 Å². The Balaban J connectivity index is 1.15. The van der Waals surface area contributed by atoms with Crippen LogP contribution in [0.3, 0.4) is 0 Å². The van der Waals surface area contributed by atoms with Gasteiger partial charge in [0.15, 0.2) is 5.82 Å². The third kappa shape index (κ3) is 5.31. The summed E-state index contributed by atoms with van der Waals surface area (Å²) in [5.74, 6) is -1.03. The number of benzene rings is 2. The molecule has 2 aromatic carbocycles. The minimum absolute atomic E-state index is 0.00207. The Hall–Kier alpha value is -4.72. The smallest absolute Gasteiger partial charge is 0.346 e. The largest absolute Gasteiger partial charge is 0.461 e. The summed E-state index contributed by atoms with van der Waals surface area (Å²) in [6.07, 6.45) is 6.13.